The number of aryl methyl sites for hydroxylation is 2. The van der Waals surface area contributed by atoms with Crippen LogP contribution in [0.1, 0.15) is 82.0 Å². The third kappa shape index (κ3) is 4.58. The number of nitrogens with one attached hydrogen (secondary N) is 1. The van der Waals surface area contributed by atoms with Gasteiger partial charge in [0, 0.05) is 12.0 Å². The van der Waals surface area contributed by atoms with Crippen LogP contribution in [0.5, 0.6) is 11.5 Å². The molecule has 4 rings (SSSR count). The van der Waals surface area contributed by atoms with Crippen molar-refractivity contribution in [3.05, 3.63) is 59.2 Å². The predicted molar refractivity (Wildman–Crippen MR) is 124 cm³/mol. The van der Waals surface area contributed by atoms with Crippen LogP contribution in [0.4, 0.5) is 0 Å². The molecule has 0 saturated carbocycles. The molecule has 1 heterocycles. The molecular formula is C27H35NO3. The first-order valence-electron chi connectivity index (χ1n) is 11.9. The van der Waals surface area contributed by atoms with Gasteiger partial charge < -0.3 is 14.8 Å². The Labute approximate surface area is 186 Å². The number of benzene rings is 2. The minimum Gasteiger partial charge on any atom is -0.487 e. The summed E-state index contributed by atoms with van der Waals surface area (Å²) in [7, 11) is 0. The Morgan fingerprint density at radius 3 is 2.58 bits per heavy atom. The minimum atomic E-state index is -0.505. The molecule has 0 saturated heterocycles. The number of rotatable bonds is 7. The third-order valence-electron chi connectivity index (χ3n) is 7.06. The lowest BCUT2D eigenvalue weighted by molar-refractivity contribution is -0.129. The van der Waals surface area contributed by atoms with Crippen molar-refractivity contribution in [1.82, 2.24) is 5.32 Å². The van der Waals surface area contributed by atoms with Crippen LogP contribution in [-0.4, -0.2) is 17.6 Å². The van der Waals surface area contributed by atoms with Gasteiger partial charge >= 0.3 is 0 Å². The Balaban J connectivity index is 1.50. The van der Waals surface area contributed by atoms with Gasteiger partial charge in [-0.05, 0) is 74.3 Å². The van der Waals surface area contributed by atoms with Crippen molar-refractivity contribution < 1.29 is 14.3 Å². The molecule has 31 heavy (non-hydrogen) atoms. The van der Waals surface area contributed by atoms with E-state index in [0.717, 1.165) is 49.2 Å². The number of amides is 1. The lowest BCUT2D eigenvalue weighted by Crippen LogP contribution is -2.47. The number of para-hydroxylation sites is 1. The molecule has 0 bridgehead atoms. The molecule has 1 amide bonds. The highest BCUT2D eigenvalue weighted by atomic mass is 16.5. The second-order valence-corrected chi connectivity index (χ2v) is 8.95. The molecule has 0 fully saturated rings. The molecule has 2 aliphatic rings. The number of hydrogen-bond acceptors (Lipinski definition) is 3. The molecule has 2 aromatic carbocycles. The highest BCUT2D eigenvalue weighted by Crippen LogP contribution is 2.42. The summed E-state index contributed by atoms with van der Waals surface area (Å²) in [4.78, 5) is 13.3. The quantitative estimate of drug-likeness (QED) is 0.603. The SMILES string of the molecule is CC[C@H](Oc1ccc2c(c1)CCCC2)C(=O)N[C@H]1CC(CC)(CC)Oc2ccccc21. The van der Waals surface area contributed by atoms with E-state index in [-0.39, 0.29) is 17.6 Å². The number of fused-ring (bicyclic) bond motifs is 2. The smallest absolute Gasteiger partial charge is 0.261 e. The fraction of sp³-hybridized carbons (Fsp3) is 0.519. The van der Waals surface area contributed by atoms with E-state index in [4.69, 9.17) is 9.47 Å². The predicted octanol–water partition coefficient (Wildman–Crippen LogP) is 5.92. The van der Waals surface area contributed by atoms with E-state index in [1.807, 2.05) is 31.2 Å². The Morgan fingerprint density at radius 2 is 1.84 bits per heavy atom. The van der Waals surface area contributed by atoms with Gasteiger partial charge in [-0.3, -0.25) is 4.79 Å². The third-order valence-corrected chi connectivity index (χ3v) is 7.06. The van der Waals surface area contributed by atoms with Crippen LogP contribution in [0.3, 0.4) is 0 Å². The number of carbonyl (C=O) groups excluding carboxylic acids is 1. The molecule has 1 N–H and O–H groups in total. The van der Waals surface area contributed by atoms with Crippen LogP contribution < -0.4 is 14.8 Å². The van der Waals surface area contributed by atoms with Crippen LogP contribution in [0.25, 0.3) is 0 Å². The standard InChI is InChI=1S/C27H35NO3/c1-4-24(30-21-16-15-19-11-7-8-12-20(19)17-21)26(29)28-23-18-27(5-2,6-3)31-25-14-10-9-13-22(23)25/h9-10,13-17,23-24H,4-8,11-12,18H2,1-3H3,(H,28,29)/t23-,24-/m0/s1. The summed E-state index contributed by atoms with van der Waals surface area (Å²) in [5, 5.41) is 3.29. The van der Waals surface area contributed by atoms with Gasteiger partial charge in [-0.25, -0.2) is 0 Å². The van der Waals surface area contributed by atoms with Crippen molar-refractivity contribution in [3.8, 4) is 11.5 Å². The van der Waals surface area contributed by atoms with Gasteiger partial charge in [0.15, 0.2) is 6.10 Å². The minimum absolute atomic E-state index is 0.0528. The molecule has 1 aliphatic heterocycles. The zero-order valence-corrected chi connectivity index (χ0v) is 19.1. The van der Waals surface area contributed by atoms with E-state index >= 15 is 0 Å². The Morgan fingerprint density at radius 1 is 1.10 bits per heavy atom. The maximum absolute atomic E-state index is 13.3. The van der Waals surface area contributed by atoms with Gasteiger partial charge in [-0.2, -0.15) is 0 Å². The second kappa shape index (κ2) is 9.33. The van der Waals surface area contributed by atoms with Crippen molar-refractivity contribution in [2.24, 2.45) is 0 Å². The topological polar surface area (TPSA) is 47.6 Å². The average molecular weight is 422 g/mol. The van der Waals surface area contributed by atoms with Crippen molar-refractivity contribution >= 4 is 5.91 Å². The van der Waals surface area contributed by atoms with E-state index in [1.54, 1.807) is 0 Å². The van der Waals surface area contributed by atoms with E-state index in [1.165, 1.54) is 24.0 Å². The lowest BCUT2D eigenvalue weighted by atomic mass is 9.83. The summed E-state index contributed by atoms with van der Waals surface area (Å²) in [5.74, 6) is 1.63. The molecule has 0 unspecified atom stereocenters. The summed E-state index contributed by atoms with van der Waals surface area (Å²) in [6.45, 7) is 6.32. The highest BCUT2D eigenvalue weighted by molar-refractivity contribution is 5.81. The number of ether oxygens (including phenoxy) is 2. The maximum atomic E-state index is 13.3. The van der Waals surface area contributed by atoms with Crippen molar-refractivity contribution in [1.29, 1.82) is 0 Å². The van der Waals surface area contributed by atoms with E-state index in [9.17, 15) is 4.79 Å². The van der Waals surface area contributed by atoms with Gasteiger partial charge in [0.2, 0.25) is 0 Å². The van der Waals surface area contributed by atoms with Gasteiger partial charge in [0.1, 0.15) is 17.1 Å². The van der Waals surface area contributed by atoms with Crippen molar-refractivity contribution in [3.63, 3.8) is 0 Å². The van der Waals surface area contributed by atoms with Gasteiger partial charge in [-0.15, -0.1) is 0 Å². The number of carbonyl (C=O) groups is 1. The molecular weight excluding hydrogens is 386 g/mol. The summed E-state index contributed by atoms with van der Waals surface area (Å²) in [6.07, 6.45) is 7.45. The molecule has 4 nitrogen and oxygen atoms in total. The van der Waals surface area contributed by atoms with E-state index < -0.39 is 6.10 Å². The molecule has 2 aromatic rings. The van der Waals surface area contributed by atoms with Crippen LogP contribution in [0.15, 0.2) is 42.5 Å². The van der Waals surface area contributed by atoms with Gasteiger partial charge in [0.05, 0.1) is 6.04 Å². The summed E-state index contributed by atoms with van der Waals surface area (Å²) < 4.78 is 12.6. The van der Waals surface area contributed by atoms with E-state index in [0.29, 0.717) is 6.42 Å². The fourth-order valence-corrected chi connectivity index (χ4v) is 4.96. The fourth-order valence-electron chi connectivity index (χ4n) is 4.96. The van der Waals surface area contributed by atoms with Gasteiger partial charge in [-0.1, -0.05) is 45.0 Å². The second-order valence-electron chi connectivity index (χ2n) is 8.95. The maximum Gasteiger partial charge on any atom is 0.261 e. The molecule has 1 aliphatic carbocycles. The zero-order chi connectivity index (χ0) is 21.8. The normalized spacial score (nSPS) is 20.0. The molecule has 166 valence electrons. The first-order chi connectivity index (χ1) is 15.1. The first kappa shape index (κ1) is 21.7. The van der Waals surface area contributed by atoms with Crippen LogP contribution in [0.2, 0.25) is 0 Å². The van der Waals surface area contributed by atoms with Gasteiger partial charge in [0.25, 0.3) is 5.91 Å². The summed E-state index contributed by atoms with van der Waals surface area (Å²) in [6, 6.07) is 14.3. The van der Waals surface area contributed by atoms with Crippen LogP contribution in [-0.2, 0) is 17.6 Å². The van der Waals surface area contributed by atoms with Crippen LogP contribution >= 0.6 is 0 Å². The molecule has 0 aromatic heterocycles. The summed E-state index contributed by atoms with van der Waals surface area (Å²) in [5.41, 5.74) is 3.60. The number of hydrogen-bond donors (Lipinski definition) is 1. The molecule has 0 spiro atoms. The van der Waals surface area contributed by atoms with Crippen LogP contribution in [0, 0.1) is 0 Å². The van der Waals surface area contributed by atoms with E-state index in [2.05, 4.69) is 37.4 Å². The van der Waals surface area contributed by atoms with Crippen molar-refractivity contribution in [2.75, 3.05) is 0 Å². The molecule has 4 heteroatoms. The van der Waals surface area contributed by atoms with Crippen molar-refractivity contribution in [2.45, 2.75) is 89.9 Å². The Hall–Kier alpha value is -2.49. The first-order valence-corrected chi connectivity index (χ1v) is 11.9. The molecule has 2 atom stereocenters. The Bertz CT molecular complexity index is 918. The largest absolute Gasteiger partial charge is 0.487 e. The highest BCUT2D eigenvalue weighted by Gasteiger charge is 2.39. The lowest BCUT2D eigenvalue weighted by Gasteiger charge is -2.42. The average Bonchev–Trinajstić information content (AvgIpc) is 2.82. The molecule has 0 radical (unpaired) electrons. The Kier molecular flexibility index (Phi) is 6.54. The summed E-state index contributed by atoms with van der Waals surface area (Å²) >= 11 is 0. The monoisotopic (exact) mass is 421 g/mol. The zero-order valence-electron chi connectivity index (χ0n) is 19.1.